The zero-order valence-corrected chi connectivity index (χ0v) is 10.9. The van der Waals surface area contributed by atoms with E-state index in [4.69, 9.17) is 22.7 Å². The molecule has 0 heterocycles. The topological polar surface area (TPSA) is 64.3 Å². The first-order valence-corrected chi connectivity index (χ1v) is 5.61. The van der Waals surface area contributed by atoms with Gasteiger partial charge in [-0.25, -0.2) is 0 Å². The molecule has 0 saturated carbocycles. The minimum atomic E-state index is -0.519. The van der Waals surface area contributed by atoms with Crippen LogP contribution in [0.15, 0.2) is 18.2 Å². The van der Waals surface area contributed by atoms with Crippen LogP contribution in [0.2, 0.25) is 0 Å². The zero-order valence-electron chi connectivity index (χ0n) is 10.1. The summed E-state index contributed by atoms with van der Waals surface area (Å²) in [6.45, 7) is 3.56. The van der Waals surface area contributed by atoms with Crippen LogP contribution >= 0.6 is 12.2 Å². The summed E-state index contributed by atoms with van der Waals surface area (Å²) in [6.07, 6.45) is -0.519. The van der Waals surface area contributed by atoms with Crippen LogP contribution in [-0.4, -0.2) is 24.1 Å². The molecule has 0 spiro atoms. The van der Waals surface area contributed by atoms with Crippen LogP contribution in [-0.2, 0) is 9.53 Å². The van der Waals surface area contributed by atoms with E-state index < -0.39 is 6.10 Å². The molecular formula is C12H16N2O2S. The van der Waals surface area contributed by atoms with Crippen molar-refractivity contribution in [2.75, 3.05) is 12.4 Å². The van der Waals surface area contributed by atoms with Gasteiger partial charge >= 0.3 is 0 Å². The fourth-order valence-electron chi connectivity index (χ4n) is 1.44. The molecule has 0 aliphatic heterocycles. The summed E-state index contributed by atoms with van der Waals surface area (Å²) in [4.78, 5) is 12.0. The van der Waals surface area contributed by atoms with Crippen molar-refractivity contribution in [2.45, 2.75) is 20.0 Å². The maximum atomic E-state index is 11.7. The number of rotatable bonds is 4. The van der Waals surface area contributed by atoms with Crippen LogP contribution in [0.3, 0.4) is 0 Å². The number of carbonyl (C=O) groups is 1. The van der Waals surface area contributed by atoms with Crippen molar-refractivity contribution >= 4 is 28.8 Å². The molecule has 1 unspecified atom stereocenters. The third-order valence-corrected chi connectivity index (χ3v) is 2.70. The molecular weight excluding hydrogens is 236 g/mol. The number of thiocarbonyl (C=S) groups is 1. The average Bonchev–Trinajstić information content (AvgIpc) is 2.27. The molecule has 0 saturated heterocycles. The standard InChI is InChI=1S/C12H16N2O2S/c1-7-5-4-6-9(10(7)11(13)17)14-12(15)8(2)16-3/h4-6,8H,1-3H3,(H2,13,17)(H,14,15). The van der Waals surface area contributed by atoms with E-state index in [9.17, 15) is 4.79 Å². The number of ether oxygens (including phenoxy) is 1. The first kappa shape index (κ1) is 13.6. The highest BCUT2D eigenvalue weighted by Crippen LogP contribution is 2.19. The Labute approximate surface area is 106 Å². The zero-order chi connectivity index (χ0) is 13.0. The summed E-state index contributed by atoms with van der Waals surface area (Å²) in [7, 11) is 1.48. The smallest absolute Gasteiger partial charge is 0.253 e. The monoisotopic (exact) mass is 252 g/mol. The Balaban J connectivity index is 3.03. The van der Waals surface area contributed by atoms with Gasteiger partial charge in [-0.15, -0.1) is 0 Å². The molecule has 1 aromatic rings. The minimum absolute atomic E-state index is 0.226. The van der Waals surface area contributed by atoms with Crippen molar-refractivity contribution < 1.29 is 9.53 Å². The Hall–Kier alpha value is -1.46. The molecule has 92 valence electrons. The number of hydrogen-bond acceptors (Lipinski definition) is 3. The number of methoxy groups -OCH3 is 1. The summed E-state index contributed by atoms with van der Waals surface area (Å²) in [6, 6.07) is 5.50. The van der Waals surface area contributed by atoms with Gasteiger partial charge in [0.15, 0.2) is 0 Å². The lowest BCUT2D eigenvalue weighted by molar-refractivity contribution is -0.124. The van der Waals surface area contributed by atoms with Crippen LogP contribution in [0.4, 0.5) is 5.69 Å². The molecule has 1 rings (SSSR count). The molecule has 1 atom stereocenters. The van der Waals surface area contributed by atoms with Gasteiger partial charge in [0.25, 0.3) is 5.91 Å². The highest BCUT2D eigenvalue weighted by molar-refractivity contribution is 7.80. The van der Waals surface area contributed by atoms with E-state index in [1.807, 2.05) is 19.1 Å². The summed E-state index contributed by atoms with van der Waals surface area (Å²) < 4.78 is 4.94. The van der Waals surface area contributed by atoms with E-state index >= 15 is 0 Å². The van der Waals surface area contributed by atoms with Crippen LogP contribution < -0.4 is 11.1 Å². The summed E-state index contributed by atoms with van der Waals surface area (Å²) in [5.74, 6) is -0.226. The number of nitrogens with two attached hydrogens (primary N) is 1. The number of benzene rings is 1. The quantitative estimate of drug-likeness (QED) is 0.799. The number of amides is 1. The second-order valence-electron chi connectivity index (χ2n) is 3.73. The van der Waals surface area contributed by atoms with Crippen molar-refractivity contribution in [3.05, 3.63) is 29.3 Å². The van der Waals surface area contributed by atoms with Crippen molar-refractivity contribution in [3.63, 3.8) is 0 Å². The summed E-state index contributed by atoms with van der Waals surface area (Å²) in [5, 5.41) is 2.75. The molecule has 5 heteroatoms. The van der Waals surface area contributed by atoms with E-state index in [0.29, 0.717) is 11.3 Å². The van der Waals surface area contributed by atoms with Gasteiger partial charge in [-0.3, -0.25) is 4.79 Å². The fourth-order valence-corrected chi connectivity index (χ4v) is 1.71. The second-order valence-corrected chi connectivity index (χ2v) is 4.17. The number of hydrogen-bond donors (Lipinski definition) is 2. The predicted octanol–water partition coefficient (Wildman–Crippen LogP) is 1.60. The van der Waals surface area contributed by atoms with Gasteiger partial charge in [-0.2, -0.15) is 0 Å². The number of aryl methyl sites for hydroxylation is 1. The van der Waals surface area contributed by atoms with Crippen LogP contribution in [0, 0.1) is 6.92 Å². The molecule has 0 aliphatic rings. The highest BCUT2D eigenvalue weighted by Gasteiger charge is 2.15. The molecule has 17 heavy (non-hydrogen) atoms. The maximum absolute atomic E-state index is 11.7. The molecule has 0 fully saturated rings. The van der Waals surface area contributed by atoms with E-state index in [2.05, 4.69) is 5.32 Å². The first-order valence-electron chi connectivity index (χ1n) is 5.20. The van der Waals surface area contributed by atoms with Gasteiger partial charge < -0.3 is 15.8 Å². The predicted molar refractivity (Wildman–Crippen MR) is 72.2 cm³/mol. The van der Waals surface area contributed by atoms with Gasteiger partial charge in [0, 0.05) is 12.7 Å². The molecule has 3 N–H and O–H groups in total. The summed E-state index contributed by atoms with van der Waals surface area (Å²) in [5.41, 5.74) is 7.89. The third-order valence-electron chi connectivity index (χ3n) is 2.50. The summed E-state index contributed by atoms with van der Waals surface area (Å²) >= 11 is 4.98. The molecule has 1 aromatic carbocycles. The van der Waals surface area contributed by atoms with E-state index in [1.165, 1.54) is 7.11 Å². The van der Waals surface area contributed by atoms with Gasteiger partial charge in [0.2, 0.25) is 0 Å². The maximum Gasteiger partial charge on any atom is 0.253 e. The van der Waals surface area contributed by atoms with Gasteiger partial charge in [0.1, 0.15) is 11.1 Å². The van der Waals surface area contributed by atoms with Gasteiger partial charge in [-0.1, -0.05) is 24.4 Å². The first-order chi connectivity index (χ1) is 7.97. The molecule has 0 aromatic heterocycles. The SMILES string of the molecule is COC(C)C(=O)Nc1cccc(C)c1C(N)=S. The Morgan fingerprint density at radius 2 is 2.18 bits per heavy atom. The average molecular weight is 252 g/mol. The normalized spacial score (nSPS) is 11.9. The molecule has 1 amide bonds. The molecule has 0 radical (unpaired) electrons. The minimum Gasteiger partial charge on any atom is -0.389 e. The molecule has 0 aliphatic carbocycles. The molecule has 0 bridgehead atoms. The third kappa shape index (κ3) is 3.25. The largest absolute Gasteiger partial charge is 0.389 e. The van der Waals surface area contributed by atoms with Crippen molar-refractivity contribution in [2.24, 2.45) is 5.73 Å². The Bertz CT molecular complexity index is 446. The van der Waals surface area contributed by atoms with Crippen molar-refractivity contribution in [3.8, 4) is 0 Å². The lowest BCUT2D eigenvalue weighted by atomic mass is 10.1. The van der Waals surface area contributed by atoms with Gasteiger partial charge in [-0.05, 0) is 25.5 Å². The number of anilines is 1. The number of carbonyl (C=O) groups excluding carboxylic acids is 1. The second kappa shape index (κ2) is 5.75. The van der Waals surface area contributed by atoms with Gasteiger partial charge in [0.05, 0.1) is 5.69 Å². The Kier molecular flexibility index (Phi) is 4.60. The molecule has 4 nitrogen and oxygen atoms in total. The van der Waals surface area contributed by atoms with Crippen molar-refractivity contribution in [1.82, 2.24) is 0 Å². The highest BCUT2D eigenvalue weighted by atomic mass is 32.1. The van der Waals surface area contributed by atoms with Crippen LogP contribution in [0.25, 0.3) is 0 Å². The number of nitrogens with one attached hydrogen (secondary N) is 1. The van der Waals surface area contributed by atoms with E-state index in [0.717, 1.165) is 5.56 Å². The van der Waals surface area contributed by atoms with Crippen LogP contribution in [0.1, 0.15) is 18.1 Å². The fraction of sp³-hybridized carbons (Fsp3) is 0.333. The van der Waals surface area contributed by atoms with E-state index in [1.54, 1.807) is 13.0 Å². The Morgan fingerprint density at radius 1 is 1.53 bits per heavy atom. The lowest BCUT2D eigenvalue weighted by Crippen LogP contribution is -2.28. The van der Waals surface area contributed by atoms with Crippen LogP contribution in [0.5, 0.6) is 0 Å². The van der Waals surface area contributed by atoms with E-state index in [-0.39, 0.29) is 10.9 Å². The Morgan fingerprint density at radius 3 is 2.71 bits per heavy atom. The lowest BCUT2D eigenvalue weighted by Gasteiger charge is -2.14. The van der Waals surface area contributed by atoms with Crippen molar-refractivity contribution in [1.29, 1.82) is 0 Å².